The van der Waals surface area contributed by atoms with Gasteiger partial charge in [0.15, 0.2) is 0 Å². The summed E-state index contributed by atoms with van der Waals surface area (Å²) in [6.45, 7) is 4.81. The maximum Gasteiger partial charge on any atom is 0.206 e. The maximum absolute atomic E-state index is 6.18. The summed E-state index contributed by atoms with van der Waals surface area (Å²) < 4.78 is 2.28. The van der Waals surface area contributed by atoms with Crippen LogP contribution in [-0.4, -0.2) is 47.7 Å². The second-order valence-corrected chi connectivity index (χ2v) is 7.42. The molecule has 0 aliphatic carbocycles. The highest BCUT2D eigenvalue weighted by molar-refractivity contribution is 6.31. The van der Waals surface area contributed by atoms with Crippen molar-refractivity contribution < 1.29 is 0 Å². The molecule has 0 atom stereocenters. The van der Waals surface area contributed by atoms with Gasteiger partial charge in [0.05, 0.1) is 17.6 Å². The van der Waals surface area contributed by atoms with Crippen molar-refractivity contribution in [2.24, 2.45) is 0 Å². The summed E-state index contributed by atoms with van der Waals surface area (Å²) in [5, 5.41) is 1.47. The standard InChI is InChI=1S/C19H20Cl2N4/c1-23-8-10-24(11-9-23)19-22-17-12-16(21)6-7-18(17)25(19)13-14-2-4-15(20)5-3-14/h2-7,12H,8-11,13H2,1H3. The Morgan fingerprint density at radius 1 is 0.920 bits per heavy atom. The largest absolute Gasteiger partial charge is 0.340 e. The fourth-order valence-corrected chi connectivity index (χ4v) is 3.56. The Hall–Kier alpha value is -1.75. The molecule has 0 saturated carbocycles. The molecule has 1 fully saturated rings. The first-order chi connectivity index (χ1) is 12.1. The average Bonchev–Trinajstić information content (AvgIpc) is 2.95. The lowest BCUT2D eigenvalue weighted by atomic mass is 10.2. The molecule has 0 radical (unpaired) electrons. The number of benzene rings is 2. The Kier molecular flexibility index (Phi) is 4.59. The van der Waals surface area contributed by atoms with Crippen molar-refractivity contribution in [1.29, 1.82) is 0 Å². The number of hydrogen-bond donors (Lipinski definition) is 0. The molecule has 130 valence electrons. The number of anilines is 1. The highest BCUT2D eigenvalue weighted by Gasteiger charge is 2.21. The second kappa shape index (κ2) is 6.87. The molecule has 4 nitrogen and oxygen atoms in total. The zero-order chi connectivity index (χ0) is 17.4. The third-order valence-corrected chi connectivity index (χ3v) is 5.22. The van der Waals surface area contributed by atoms with E-state index in [-0.39, 0.29) is 0 Å². The third kappa shape index (κ3) is 3.47. The van der Waals surface area contributed by atoms with Crippen LogP contribution in [-0.2, 0) is 6.54 Å². The van der Waals surface area contributed by atoms with Crippen molar-refractivity contribution in [3.05, 3.63) is 58.1 Å². The summed E-state index contributed by atoms with van der Waals surface area (Å²) >= 11 is 12.2. The molecule has 4 rings (SSSR count). The van der Waals surface area contributed by atoms with Crippen LogP contribution < -0.4 is 4.90 Å². The minimum atomic E-state index is 0.716. The smallest absolute Gasteiger partial charge is 0.206 e. The van der Waals surface area contributed by atoms with Crippen LogP contribution in [0.1, 0.15) is 5.56 Å². The molecule has 3 aromatic rings. The molecule has 1 aromatic heterocycles. The maximum atomic E-state index is 6.18. The molecule has 0 spiro atoms. The minimum absolute atomic E-state index is 0.716. The fraction of sp³-hybridized carbons (Fsp3) is 0.316. The number of halogens is 2. The van der Waals surface area contributed by atoms with Crippen LogP contribution in [0.4, 0.5) is 5.95 Å². The number of imidazole rings is 1. The first-order valence-corrected chi connectivity index (χ1v) is 9.19. The van der Waals surface area contributed by atoms with Crippen molar-refractivity contribution in [3.8, 4) is 0 Å². The number of aromatic nitrogens is 2. The van der Waals surface area contributed by atoms with Crippen molar-refractivity contribution in [1.82, 2.24) is 14.5 Å². The highest BCUT2D eigenvalue weighted by Crippen LogP contribution is 2.27. The Balaban J connectivity index is 1.76. The first kappa shape index (κ1) is 16.7. The Morgan fingerprint density at radius 3 is 2.32 bits per heavy atom. The number of likely N-dealkylation sites (N-methyl/N-ethyl adjacent to an activating group) is 1. The molecular formula is C19H20Cl2N4. The normalized spacial score (nSPS) is 15.9. The quantitative estimate of drug-likeness (QED) is 0.688. The minimum Gasteiger partial charge on any atom is -0.340 e. The van der Waals surface area contributed by atoms with Gasteiger partial charge in [0.25, 0.3) is 0 Å². The van der Waals surface area contributed by atoms with E-state index in [1.54, 1.807) is 0 Å². The van der Waals surface area contributed by atoms with E-state index >= 15 is 0 Å². The Labute approximate surface area is 157 Å². The van der Waals surface area contributed by atoms with Gasteiger partial charge in [-0.2, -0.15) is 0 Å². The van der Waals surface area contributed by atoms with E-state index in [9.17, 15) is 0 Å². The molecule has 0 bridgehead atoms. The van der Waals surface area contributed by atoms with Crippen LogP contribution >= 0.6 is 23.2 Å². The van der Waals surface area contributed by atoms with Gasteiger partial charge in [-0.15, -0.1) is 0 Å². The SMILES string of the molecule is CN1CCN(c2nc3cc(Cl)ccc3n2Cc2ccc(Cl)cc2)CC1. The summed E-state index contributed by atoms with van der Waals surface area (Å²) in [5.41, 5.74) is 3.25. The van der Waals surface area contributed by atoms with E-state index in [1.807, 2.05) is 24.3 Å². The third-order valence-electron chi connectivity index (χ3n) is 4.73. The van der Waals surface area contributed by atoms with Crippen molar-refractivity contribution in [3.63, 3.8) is 0 Å². The van der Waals surface area contributed by atoms with E-state index in [0.717, 1.165) is 54.7 Å². The summed E-state index contributed by atoms with van der Waals surface area (Å²) in [6.07, 6.45) is 0. The molecular weight excluding hydrogens is 355 g/mol. The van der Waals surface area contributed by atoms with Gasteiger partial charge >= 0.3 is 0 Å². The van der Waals surface area contributed by atoms with Gasteiger partial charge in [0, 0.05) is 36.2 Å². The molecule has 1 saturated heterocycles. The monoisotopic (exact) mass is 374 g/mol. The summed E-state index contributed by atoms with van der Waals surface area (Å²) in [7, 11) is 2.16. The predicted molar refractivity (Wildman–Crippen MR) is 105 cm³/mol. The molecule has 2 aromatic carbocycles. The summed E-state index contributed by atoms with van der Waals surface area (Å²) in [5.74, 6) is 1.01. The number of hydrogen-bond acceptors (Lipinski definition) is 3. The highest BCUT2D eigenvalue weighted by atomic mass is 35.5. The zero-order valence-corrected chi connectivity index (χ0v) is 15.6. The van der Waals surface area contributed by atoms with E-state index in [1.165, 1.54) is 5.56 Å². The fourth-order valence-electron chi connectivity index (χ4n) is 3.27. The number of piperazine rings is 1. The van der Waals surface area contributed by atoms with Crippen molar-refractivity contribution >= 4 is 40.2 Å². The predicted octanol–water partition coefficient (Wildman–Crippen LogP) is 4.14. The number of fused-ring (bicyclic) bond motifs is 1. The average molecular weight is 375 g/mol. The topological polar surface area (TPSA) is 24.3 Å². The molecule has 0 amide bonds. The zero-order valence-electron chi connectivity index (χ0n) is 14.1. The lowest BCUT2D eigenvalue weighted by molar-refractivity contribution is 0.310. The lowest BCUT2D eigenvalue weighted by Crippen LogP contribution is -2.45. The molecule has 0 unspecified atom stereocenters. The van der Waals surface area contributed by atoms with Crippen LogP contribution in [0.5, 0.6) is 0 Å². The van der Waals surface area contributed by atoms with Crippen molar-refractivity contribution in [2.45, 2.75) is 6.54 Å². The van der Waals surface area contributed by atoms with Crippen LogP contribution in [0.25, 0.3) is 11.0 Å². The molecule has 25 heavy (non-hydrogen) atoms. The molecule has 2 heterocycles. The van der Waals surface area contributed by atoms with Gasteiger partial charge in [-0.1, -0.05) is 35.3 Å². The second-order valence-electron chi connectivity index (χ2n) is 6.55. The molecule has 6 heteroatoms. The van der Waals surface area contributed by atoms with Gasteiger partial charge < -0.3 is 14.4 Å². The van der Waals surface area contributed by atoms with Crippen molar-refractivity contribution in [2.75, 3.05) is 38.1 Å². The van der Waals surface area contributed by atoms with E-state index in [0.29, 0.717) is 5.02 Å². The van der Waals surface area contributed by atoms with Crippen LogP contribution in [0.15, 0.2) is 42.5 Å². The lowest BCUT2D eigenvalue weighted by Gasteiger charge is -2.33. The molecule has 1 aliphatic heterocycles. The number of rotatable bonds is 3. The van der Waals surface area contributed by atoms with Crippen LogP contribution in [0.2, 0.25) is 10.0 Å². The first-order valence-electron chi connectivity index (χ1n) is 8.44. The van der Waals surface area contributed by atoms with E-state index in [2.05, 4.69) is 39.6 Å². The van der Waals surface area contributed by atoms with E-state index in [4.69, 9.17) is 28.2 Å². The van der Waals surface area contributed by atoms with Gasteiger partial charge in [-0.3, -0.25) is 0 Å². The Morgan fingerprint density at radius 2 is 1.60 bits per heavy atom. The van der Waals surface area contributed by atoms with E-state index < -0.39 is 0 Å². The van der Waals surface area contributed by atoms with Crippen LogP contribution in [0, 0.1) is 0 Å². The van der Waals surface area contributed by atoms with Gasteiger partial charge in [0.1, 0.15) is 0 Å². The van der Waals surface area contributed by atoms with Gasteiger partial charge in [-0.05, 0) is 42.9 Å². The number of nitrogens with zero attached hydrogens (tertiary/aromatic N) is 4. The summed E-state index contributed by atoms with van der Waals surface area (Å²) in [6, 6.07) is 13.9. The molecule has 0 N–H and O–H groups in total. The summed E-state index contributed by atoms with van der Waals surface area (Å²) in [4.78, 5) is 9.61. The Bertz CT molecular complexity index is 880. The van der Waals surface area contributed by atoms with Crippen LogP contribution in [0.3, 0.4) is 0 Å². The van der Waals surface area contributed by atoms with Gasteiger partial charge in [-0.25, -0.2) is 4.98 Å². The van der Waals surface area contributed by atoms with Gasteiger partial charge in [0.2, 0.25) is 5.95 Å². The molecule has 1 aliphatic rings.